The summed E-state index contributed by atoms with van der Waals surface area (Å²) < 4.78 is 39.8. The van der Waals surface area contributed by atoms with Crippen LogP contribution in [0, 0.1) is 0 Å². The molecule has 1 aliphatic rings. The van der Waals surface area contributed by atoms with Gasteiger partial charge in [-0.15, -0.1) is 0 Å². The van der Waals surface area contributed by atoms with E-state index in [1.165, 1.54) is 4.90 Å². The molecular formula is C15H18Cl2F3N3O. The molecule has 24 heavy (non-hydrogen) atoms. The lowest BCUT2D eigenvalue weighted by Gasteiger charge is -2.35. The molecule has 0 spiro atoms. The van der Waals surface area contributed by atoms with Crippen LogP contribution in [-0.4, -0.2) is 55.7 Å². The number of benzene rings is 1. The summed E-state index contributed by atoms with van der Waals surface area (Å²) in [4.78, 5) is 13.3. The van der Waals surface area contributed by atoms with E-state index in [1.54, 1.807) is 18.2 Å². The fourth-order valence-electron chi connectivity index (χ4n) is 2.58. The van der Waals surface area contributed by atoms with Crippen molar-refractivity contribution in [3.8, 4) is 0 Å². The van der Waals surface area contributed by atoms with Gasteiger partial charge in [0.2, 0.25) is 5.91 Å². The van der Waals surface area contributed by atoms with Crippen LogP contribution in [0.5, 0.6) is 0 Å². The Morgan fingerprint density at radius 1 is 1.25 bits per heavy atom. The Morgan fingerprint density at radius 3 is 2.38 bits per heavy atom. The zero-order valence-corrected chi connectivity index (χ0v) is 14.3. The molecule has 2 rings (SSSR count). The van der Waals surface area contributed by atoms with Crippen LogP contribution in [0.4, 0.5) is 13.2 Å². The Hall–Kier alpha value is -1.02. The molecule has 0 saturated carbocycles. The molecule has 1 aliphatic heterocycles. The molecule has 1 unspecified atom stereocenters. The van der Waals surface area contributed by atoms with Gasteiger partial charge < -0.3 is 10.6 Å². The van der Waals surface area contributed by atoms with Crippen molar-refractivity contribution in [2.24, 2.45) is 0 Å². The van der Waals surface area contributed by atoms with Gasteiger partial charge in [0.25, 0.3) is 0 Å². The maximum absolute atomic E-state index is 13.3. The van der Waals surface area contributed by atoms with E-state index in [0.29, 0.717) is 28.7 Å². The first-order valence-corrected chi connectivity index (χ1v) is 8.25. The number of carbonyl (C=O) groups is 1. The van der Waals surface area contributed by atoms with Crippen LogP contribution in [0.3, 0.4) is 0 Å². The van der Waals surface area contributed by atoms with E-state index in [9.17, 15) is 18.0 Å². The van der Waals surface area contributed by atoms with E-state index < -0.39 is 24.7 Å². The van der Waals surface area contributed by atoms with Gasteiger partial charge in [-0.2, -0.15) is 13.2 Å². The molecule has 1 amide bonds. The molecule has 0 radical (unpaired) electrons. The second-order valence-corrected chi connectivity index (χ2v) is 6.34. The van der Waals surface area contributed by atoms with Gasteiger partial charge >= 0.3 is 6.18 Å². The molecule has 1 fully saturated rings. The van der Waals surface area contributed by atoms with Crippen LogP contribution in [0.25, 0.3) is 0 Å². The lowest BCUT2D eigenvalue weighted by Crippen LogP contribution is -2.57. The third kappa shape index (κ3) is 5.24. The normalized spacial score (nSPS) is 17.5. The van der Waals surface area contributed by atoms with Crippen molar-refractivity contribution in [3.63, 3.8) is 0 Å². The number of nitrogens with one attached hydrogen (secondary N) is 2. The molecule has 1 saturated heterocycles. The summed E-state index contributed by atoms with van der Waals surface area (Å²) >= 11 is 11.9. The van der Waals surface area contributed by atoms with Gasteiger partial charge in [-0.25, -0.2) is 0 Å². The summed E-state index contributed by atoms with van der Waals surface area (Å²) in [6, 6.07) is 3.09. The van der Waals surface area contributed by atoms with Crippen molar-refractivity contribution in [1.82, 2.24) is 15.5 Å². The summed E-state index contributed by atoms with van der Waals surface area (Å²) in [7, 11) is 0. The number of piperazine rings is 1. The lowest BCUT2D eigenvalue weighted by atomic mass is 10.1. The number of nitrogens with zero attached hydrogens (tertiary/aromatic N) is 1. The first kappa shape index (κ1) is 19.3. The molecular weight excluding hydrogens is 366 g/mol. The first-order chi connectivity index (χ1) is 11.3. The summed E-state index contributed by atoms with van der Waals surface area (Å²) in [6.45, 7) is 1.07. The fraction of sp³-hybridized carbons (Fsp3) is 0.533. The van der Waals surface area contributed by atoms with Crippen LogP contribution in [0.15, 0.2) is 18.2 Å². The number of carbonyl (C=O) groups excluding carboxylic acids is 1. The van der Waals surface area contributed by atoms with Crippen LogP contribution >= 0.6 is 23.2 Å². The van der Waals surface area contributed by atoms with Crippen molar-refractivity contribution in [2.45, 2.75) is 18.6 Å². The predicted octanol–water partition coefficient (Wildman–Crippen LogP) is 2.49. The standard InChI is InChI=1S/C15H18Cl2F3N3O/c16-11-2-1-3-12(17)10(11)8-14(24)22-9-13(15(18,19)20)23-6-4-21-5-7-23/h1-3,13,21H,4-9H2,(H,22,24). The maximum Gasteiger partial charge on any atom is 0.405 e. The van der Waals surface area contributed by atoms with Gasteiger partial charge in [0.05, 0.1) is 6.42 Å². The second kappa shape index (κ2) is 8.38. The number of amides is 1. The smallest absolute Gasteiger partial charge is 0.354 e. The molecule has 4 nitrogen and oxygen atoms in total. The monoisotopic (exact) mass is 383 g/mol. The van der Waals surface area contributed by atoms with Gasteiger partial charge in [0.1, 0.15) is 6.04 Å². The Labute approximate surface area is 148 Å². The summed E-state index contributed by atoms with van der Waals surface area (Å²) in [6.07, 6.45) is -4.57. The molecule has 0 aromatic heterocycles. The zero-order valence-electron chi connectivity index (χ0n) is 12.8. The third-order valence-electron chi connectivity index (χ3n) is 3.86. The average Bonchev–Trinajstić information content (AvgIpc) is 2.51. The number of hydrogen-bond acceptors (Lipinski definition) is 3. The van der Waals surface area contributed by atoms with E-state index in [2.05, 4.69) is 10.6 Å². The maximum atomic E-state index is 13.3. The zero-order chi connectivity index (χ0) is 17.7. The molecule has 0 bridgehead atoms. The Bertz CT molecular complexity index is 557. The van der Waals surface area contributed by atoms with Gasteiger partial charge in [-0.3, -0.25) is 9.69 Å². The van der Waals surface area contributed by atoms with Crippen LogP contribution in [0.1, 0.15) is 5.56 Å². The van der Waals surface area contributed by atoms with Gasteiger partial charge in [-0.05, 0) is 17.7 Å². The van der Waals surface area contributed by atoms with Crippen LogP contribution in [-0.2, 0) is 11.2 Å². The Kier molecular flexibility index (Phi) is 6.74. The largest absolute Gasteiger partial charge is 0.405 e. The number of halogens is 5. The fourth-order valence-corrected chi connectivity index (χ4v) is 3.11. The molecule has 9 heteroatoms. The Balaban J connectivity index is 1.97. The minimum atomic E-state index is -4.41. The van der Waals surface area contributed by atoms with Crippen molar-refractivity contribution >= 4 is 29.1 Å². The van der Waals surface area contributed by atoms with Gasteiger partial charge in [-0.1, -0.05) is 29.3 Å². The minimum Gasteiger partial charge on any atom is -0.354 e. The highest BCUT2D eigenvalue weighted by Gasteiger charge is 2.43. The summed E-state index contributed by atoms with van der Waals surface area (Å²) in [5, 5.41) is 5.98. The molecule has 1 atom stereocenters. The van der Waals surface area contributed by atoms with Crippen LogP contribution < -0.4 is 10.6 Å². The number of rotatable bonds is 5. The second-order valence-electron chi connectivity index (χ2n) is 5.52. The lowest BCUT2D eigenvalue weighted by molar-refractivity contribution is -0.184. The van der Waals surface area contributed by atoms with Gasteiger partial charge in [0.15, 0.2) is 0 Å². The molecule has 134 valence electrons. The van der Waals surface area contributed by atoms with E-state index in [1.807, 2.05) is 0 Å². The minimum absolute atomic E-state index is 0.162. The highest BCUT2D eigenvalue weighted by atomic mass is 35.5. The summed E-state index contributed by atoms with van der Waals surface area (Å²) in [5.74, 6) is -0.547. The molecule has 2 N–H and O–H groups in total. The van der Waals surface area contributed by atoms with Crippen LogP contribution in [0.2, 0.25) is 10.0 Å². The van der Waals surface area contributed by atoms with E-state index in [-0.39, 0.29) is 19.5 Å². The number of alkyl halides is 3. The Morgan fingerprint density at radius 2 is 1.83 bits per heavy atom. The predicted molar refractivity (Wildman–Crippen MR) is 87.5 cm³/mol. The first-order valence-electron chi connectivity index (χ1n) is 7.50. The highest BCUT2D eigenvalue weighted by molar-refractivity contribution is 6.36. The summed E-state index contributed by atoms with van der Waals surface area (Å²) in [5.41, 5.74) is 0.407. The van der Waals surface area contributed by atoms with Crippen molar-refractivity contribution in [2.75, 3.05) is 32.7 Å². The molecule has 1 aromatic carbocycles. The van der Waals surface area contributed by atoms with Crippen molar-refractivity contribution in [1.29, 1.82) is 0 Å². The average molecular weight is 384 g/mol. The third-order valence-corrected chi connectivity index (χ3v) is 4.57. The molecule has 0 aliphatic carbocycles. The topological polar surface area (TPSA) is 44.4 Å². The van der Waals surface area contributed by atoms with Crippen molar-refractivity contribution < 1.29 is 18.0 Å². The van der Waals surface area contributed by atoms with Crippen molar-refractivity contribution in [3.05, 3.63) is 33.8 Å². The molecule has 1 aromatic rings. The van der Waals surface area contributed by atoms with E-state index in [4.69, 9.17) is 23.2 Å². The quantitative estimate of drug-likeness (QED) is 0.820. The van der Waals surface area contributed by atoms with Gasteiger partial charge in [0, 0.05) is 42.8 Å². The molecule has 1 heterocycles. The highest BCUT2D eigenvalue weighted by Crippen LogP contribution is 2.26. The number of hydrogen-bond donors (Lipinski definition) is 2. The van der Waals surface area contributed by atoms with E-state index in [0.717, 1.165) is 0 Å². The SMILES string of the molecule is O=C(Cc1c(Cl)cccc1Cl)NCC(N1CCNCC1)C(F)(F)F. The van der Waals surface area contributed by atoms with E-state index >= 15 is 0 Å².